The molecule has 1 aromatic heterocycles. The molecule has 3 rings (SSSR count). The van der Waals surface area contributed by atoms with E-state index < -0.39 is 11.2 Å². The second kappa shape index (κ2) is 6.25. The molecule has 0 atom stereocenters. The summed E-state index contributed by atoms with van der Waals surface area (Å²) in [6.07, 6.45) is 0. The Kier molecular flexibility index (Phi) is 4.14. The molecule has 0 aliphatic rings. The van der Waals surface area contributed by atoms with E-state index in [0.29, 0.717) is 10.8 Å². The van der Waals surface area contributed by atoms with E-state index in [4.69, 9.17) is 16.3 Å². The minimum absolute atomic E-state index is 0.0247. The van der Waals surface area contributed by atoms with Crippen LogP contribution in [0.4, 0.5) is 0 Å². The lowest BCUT2D eigenvalue weighted by molar-refractivity contribution is 0.153. The zero-order valence-electron chi connectivity index (χ0n) is 12.6. The van der Waals surface area contributed by atoms with Crippen molar-refractivity contribution < 1.29 is 9.94 Å². The standard InChI is InChI=1S/C17H13ClN2O4/c1-19-16(10-15(21)20(23)17(19)22)24-14-5-3-2-4-13(14)11-6-8-12(18)9-7-11/h2-10,23H,1H3. The van der Waals surface area contributed by atoms with Crippen LogP contribution in [0.1, 0.15) is 0 Å². The molecular weight excluding hydrogens is 332 g/mol. The van der Waals surface area contributed by atoms with Gasteiger partial charge in [-0.15, -0.1) is 0 Å². The second-order valence-corrected chi connectivity index (χ2v) is 5.52. The summed E-state index contributed by atoms with van der Waals surface area (Å²) >= 11 is 5.91. The number of nitrogens with zero attached hydrogens (tertiary/aromatic N) is 2. The van der Waals surface area contributed by atoms with E-state index in [1.54, 1.807) is 24.3 Å². The van der Waals surface area contributed by atoms with Gasteiger partial charge in [0.25, 0.3) is 5.56 Å². The predicted octanol–water partition coefficient (Wildman–Crippen LogP) is 2.90. The van der Waals surface area contributed by atoms with Gasteiger partial charge in [0.1, 0.15) is 5.75 Å². The number of ether oxygens (including phenoxy) is 1. The van der Waals surface area contributed by atoms with Crippen LogP contribution >= 0.6 is 11.6 Å². The highest BCUT2D eigenvalue weighted by Crippen LogP contribution is 2.33. The second-order valence-electron chi connectivity index (χ2n) is 5.08. The summed E-state index contributed by atoms with van der Waals surface area (Å²) < 4.78 is 6.81. The van der Waals surface area contributed by atoms with Crippen LogP contribution in [0.15, 0.2) is 64.2 Å². The van der Waals surface area contributed by atoms with Crippen LogP contribution in [-0.2, 0) is 7.05 Å². The highest BCUT2D eigenvalue weighted by atomic mass is 35.5. The van der Waals surface area contributed by atoms with E-state index >= 15 is 0 Å². The van der Waals surface area contributed by atoms with Gasteiger partial charge in [-0.25, -0.2) is 4.79 Å². The molecule has 0 saturated carbocycles. The third-order valence-corrected chi connectivity index (χ3v) is 3.76. The summed E-state index contributed by atoms with van der Waals surface area (Å²) in [5, 5.41) is 9.96. The number of aromatic nitrogens is 2. The fourth-order valence-electron chi connectivity index (χ4n) is 2.23. The van der Waals surface area contributed by atoms with Gasteiger partial charge in [0, 0.05) is 17.6 Å². The first-order valence-corrected chi connectivity index (χ1v) is 7.40. The molecule has 0 unspecified atom stereocenters. The average Bonchev–Trinajstić information content (AvgIpc) is 2.59. The monoisotopic (exact) mass is 344 g/mol. The van der Waals surface area contributed by atoms with Crippen LogP contribution in [0.3, 0.4) is 0 Å². The van der Waals surface area contributed by atoms with Crippen molar-refractivity contribution in [2.45, 2.75) is 0 Å². The Bertz CT molecular complexity index is 1010. The van der Waals surface area contributed by atoms with Gasteiger partial charge in [-0.05, 0) is 23.8 Å². The smallest absolute Gasteiger partial charge is 0.366 e. The van der Waals surface area contributed by atoms with Crippen molar-refractivity contribution in [3.8, 4) is 22.8 Å². The van der Waals surface area contributed by atoms with E-state index in [0.717, 1.165) is 21.8 Å². The van der Waals surface area contributed by atoms with Crippen molar-refractivity contribution in [2.24, 2.45) is 7.05 Å². The summed E-state index contributed by atoms with van der Waals surface area (Å²) in [4.78, 5) is 23.4. The molecule has 0 aliphatic heterocycles. The number of benzene rings is 2. The molecule has 0 fully saturated rings. The highest BCUT2D eigenvalue weighted by molar-refractivity contribution is 6.30. The van der Waals surface area contributed by atoms with E-state index in [1.807, 2.05) is 24.3 Å². The third-order valence-electron chi connectivity index (χ3n) is 3.51. The number of rotatable bonds is 3. The quantitative estimate of drug-likeness (QED) is 0.741. The molecule has 1 N–H and O–H groups in total. The summed E-state index contributed by atoms with van der Waals surface area (Å²) in [7, 11) is 1.40. The molecule has 0 bridgehead atoms. The van der Waals surface area contributed by atoms with E-state index in [9.17, 15) is 14.8 Å². The molecule has 0 radical (unpaired) electrons. The normalized spacial score (nSPS) is 10.6. The van der Waals surface area contributed by atoms with E-state index in [2.05, 4.69) is 0 Å². The molecule has 0 saturated heterocycles. The van der Waals surface area contributed by atoms with E-state index in [-0.39, 0.29) is 10.6 Å². The maximum Gasteiger partial charge on any atom is 0.366 e. The molecule has 0 aliphatic carbocycles. The van der Waals surface area contributed by atoms with Crippen molar-refractivity contribution >= 4 is 11.6 Å². The molecular formula is C17H13ClN2O4. The Labute approximate surface area is 141 Å². The summed E-state index contributed by atoms with van der Waals surface area (Å²) in [6.45, 7) is 0. The van der Waals surface area contributed by atoms with E-state index in [1.165, 1.54) is 7.05 Å². The van der Waals surface area contributed by atoms with Crippen LogP contribution in [0.2, 0.25) is 5.02 Å². The molecule has 24 heavy (non-hydrogen) atoms. The largest absolute Gasteiger partial charge is 0.440 e. The first kappa shape index (κ1) is 15.9. The van der Waals surface area contributed by atoms with Crippen molar-refractivity contribution in [1.29, 1.82) is 0 Å². The van der Waals surface area contributed by atoms with Crippen molar-refractivity contribution in [3.05, 3.63) is 80.5 Å². The van der Waals surface area contributed by atoms with Gasteiger partial charge in [0.2, 0.25) is 5.88 Å². The third kappa shape index (κ3) is 2.91. The lowest BCUT2D eigenvalue weighted by Crippen LogP contribution is -2.37. The first-order chi connectivity index (χ1) is 11.5. The topological polar surface area (TPSA) is 73.5 Å². The zero-order valence-corrected chi connectivity index (χ0v) is 13.4. The maximum absolute atomic E-state index is 11.8. The van der Waals surface area contributed by atoms with Crippen LogP contribution in [0.25, 0.3) is 11.1 Å². The van der Waals surface area contributed by atoms with Crippen LogP contribution in [-0.4, -0.2) is 14.5 Å². The van der Waals surface area contributed by atoms with Gasteiger partial charge >= 0.3 is 5.69 Å². The Morgan fingerprint density at radius 2 is 1.71 bits per heavy atom. The van der Waals surface area contributed by atoms with Crippen molar-refractivity contribution in [1.82, 2.24) is 9.30 Å². The first-order valence-electron chi connectivity index (χ1n) is 7.02. The number of hydrogen-bond acceptors (Lipinski definition) is 4. The molecule has 2 aromatic carbocycles. The SMILES string of the molecule is Cn1c(Oc2ccccc2-c2ccc(Cl)cc2)cc(=O)n(O)c1=O. The zero-order chi connectivity index (χ0) is 17.3. The minimum Gasteiger partial charge on any atom is -0.440 e. The lowest BCUT2D eigenvalue weighted by Gasteiger charge is -2.13. The van der Waals surface area contributed by atoms with Crippen molar-refractivity contribution in [2.75, 3.05) is 0 Å². The van der Waals surface area contributed by atoms with Gasteiger partial charge in [-0.3, -0.25) is 9.36 Å². The van der Waals surface area contributed by atoms with Crippen LogP contribution in [0, 0.1) is 0 Å². The van der Waals surface area contributed by atoms with Gasteiger partial charge < -0.3 is 9.94 Å². The van der Waals surface area contributed by atoms with Gasteiger partial charge in [0.15, 0.2) is 0 Å². The lowest BCUT2D eigenvalue weighted by atomic mass is 10.1. The van der Waals surface area contributed by atoms with Crippen LogP contribution < -0.4 is 16.0 Å². The van der Waals surface area contributed by atoms with Gasteiger partial charge in [-0.1, -0.05) is 46.7 Å². The molecule has 6 nitrogen and oxygen atoms in total. The number of para-hydroxylation sites is 1. The minimum atomic E-state index is -0.888. The Morgan fingerprint density at radius 1 is 1.04 bits per heavy atom. The van der Waals surface area contributed by atoms with Crippen LogP contribution in [0.5, 0.6) is 11.6 Å². The molecule has 7 heteroatoms. The fourth-order valence-corrected chi connectivity index (χ4v) is 2.35. The number of hydrogen-bond donors (Lipinski definition) is 1. The Morgan fingerprint density at radius 3 is 2.42 bits per heavy atom. The van der Waals surface area contributed by atoms with Gasteiger partial charge in [0.05, 0.1) is 6.07 Å². The highest BCUT2D eigenvalue weighted by Gasteiger charge is 2.12. The molecule has 3 aromatic rings. The summed E-state index contributed by atoms with van der Waals surface area (Å²) in [5.41, 5.74) is -0.108. The molecule has 0 spiro atoms. The molecule has 1 heterocycles. The fraction of sp³-hybridized carbons (Fsp3) is 0.0588. The molecule has 0 amide bonds. The Hall–Kier alpha value is -2.99. The predicted molar refractivity (Wildman–Crippen MR) is 90.1 cm³/mol. The Balaban J connectivity index is 2.08. The molecule has 122 valence electrons. The van der Waals surface area contributed by atoms with Gasteiger partial charge in [-0.2, -0.15) is 0 Å². The summed E-state index contributed by atoms with van der Waals surface area (Å²) in [5.74, 6) is 0.488. The summed E-state index contributed by atoms with van der Waals surface area (Å²) in [6, 6.07) is 15.4. The van der Waals surface area contributed by atoms with Crippen molar-refractivity contribution in [3.63, 3.8) is 0 Å². The average molecular weight is 345 g/mol. The maximum atomic E-state index is 11.8. The number of halogens is 1.